The first kappa shape index (κ1) is 23.6. The number of phenols is 1. The Bertz CT molecular complexity index is 1210. The van der Waals surface area contributed by atoms with Gasteiger partial charge in [0.05, 0.1) is 0 Å². The van der Waals surface area contributed by atoms with Crippen LogP contribution >= 0.6 is 0 Å². The lowest BCUT2D eigenvalue weighted by Crippen LogP contribution is -2.39. The summed E-state index contributed by atoms with van der Waals surface area (Å²) in [6.45, 7) is 2.05. The summed E-state index contributed by atoms with van der Waals surface area (Å²) >= 11 is 0. The molecule has 0 bridgehead atoms. The van der Waals surface area contributed by atoms with Gasteiger partial charge in [-0.1, -0.05) is 36.4 Å². The summed E-state index contributed by atoms with van der Waals surface area (Å²) in [5.74, 6) is 1.61. The Hall–Kier alpha value is -2.82. The molecule has 2 atom stereocenters. The average molecular weight is 484 g/mol. The van der Waals surface area contributed by atoms with Crippen molar-refractivity contribution in [2.75, 3.05) is 32.2 Å². The molecule has 3 aliphatic rings. The van der Waals surface area contributed by atoms with Crippen LogP contribution in [0.1, 0.15) is 64.5 Å². The highest BCUT2D eigenvalue weighted by Gasteiger charge is 2.35. The van der Waals surface area contributed by atoms with Crippen LogP contribution in [-0.2, 0) is 28.7 Å². The molecular weight excluding hydrogens is 446 g/mol. The number of rotatable bonds is 6. The van der Waals surface area contributed by atoms with Crippen molar-refractivity contribution in [2.45, 2.75) is 56.7 Å². The molecule has 0 unspecified atom stereocenters. The van der Waals surface area contributed by atoms with Crippen molar-refractivity contribution < 1.29 is 14.6 Å². The molecule has 0 amide bonds. The number of hydrogen-bond donors (Lipinski definition) is 1. The predicted octanol–water partition coefficient (Wildman–Crippen LogP) is 6.19. The minimum atomic E-state index is -0.104. The molecule has 1 heterocycles. The SMILES string of the molecule is COC(OC)C1CCN(c2ccc([C@@H]3c4ccc(O)cc4CC[C@@H]3c3cccc4c3CC4)cc2)CC1. The molecule has 1 saturated heterocycles. The Morgan fingerprint density at radius 3 is 2.28 bits per heavy atom. The zero-order valence-corrected chi connectivity index (χ0v) is 21.5. The molecule has 3 aromatic carbocycles. The van der Waals surface area contributed by atoms with E-state index < -0.39 is 0 Å². The second-order valence-electron chi connectivity index (χ2n) is 10.7. The van der Waals surface area contributed by atoms with Crippen molar-refractivity contribution in [3.05, 3.63) is 94.0 Å². The van der Waals surface area contributed by atoms with Crippen LogP contribution in [0.2, 0.25) is 0 Å². The molecule has 1 aliphatic heterocycles. The van der Waals surface area contributed by atoms with Gasteiger partial charge >= 0.3 is 0 Å². The summed E-state index contributed by atoms with van der Waals surface area (Å²) < 4.78 is 11.0. The lowest BCUT2D eigenvalue weighted by molar-refractivity contribution is -0.141. The van der Waals surface area contributed by atoms with Gasteiger partial charge in [0.2, 0.25) is 0 Å². The topological polar surface area (TPSA) is 41.9 Å². The van der Waals surface area contributed by atoms with E-state index >= 15 is 0 Å². The largest absolute Gasteiger partial charge is 0.508 e. The molecule has 0 aromatic heterocycles. The summed E-state index contributed by atoms with van der Waals surface area (Å²) in [5.41, 5.74) is 10.00. The van der Waals surface area contributed by atoms with E-state index in [4.69, 9.17) is 9.47 Å². The molecular formula is C32H37NO3. The number of benzene rings is 3. The first-order valence-corrected chi connectivity index (χ1v) is 13.5. The number of aryl methyl sites for hydroxylation is 2. The number of methoxy groups -OCH3 is 2. The maximum Gasteiger partial charge on any atom is 0.159 e. The van der Waals surface area contributed by atoms with Crippen molar-refractivity contribution in [3.8, 4) is 5.75 Å². The van der Waals surface area contributed by atoms with E-state index in [2.05, 4.69) is 53.4 Å². The van der Waals surface area contributed by atoms with Crippen molar-refractivity contribution >= 4 is 5.69 Å². The number of anilines is 1. The molecule has 1 fully saturated rings. The molecule has 188 valence electrons. The Morgan fingerprint density at radius 2 is 1.58 bits per heavy atom. The second kappa shape index (κ2) is 9.91. The Morgan fingerprint density at radius 1 is 0.806 bits per heavy atom. The monoisotopic (exact) mass is 483 g/mol. The van der Waals surface area contributed by atoms with Crippen LogP contribution in [0.25, 0.3) is 0 Å². The van der Waals surface area contributed by atoms with Gasteiger partial charge in [0.1, 0.15) is 5.75 Å². The third-order valence-electron chi connectivity index (χ3n) is 8.95. The minimum Gasteiger partial charge on any atom is -0.508 e. The number of aromatic hydroxyl groups is 1. The normalized spacial score (nSPS) is 21.7. The minimum absolute atomic E-state index is 0.104. The molecule has 1 N–H and O–H groups in total. The summed E-state index contributed by atoms with van der Waals surface area (Å²) in [6.07, 6.45) is 6.61. The van der Waals surface area contributed by atoms with Crippen LogP contribution in [0.15, 0.2) is 60.7 Å². The fourth-order valence-electron chi connectivity index (χ4n) is 6.98. The highest BCUT2D eigenvalue weighted by molar-refractivity contribution is 5.54. The smallest absolute Gasteiger partial charge is 0.159 e. The Labute approximate surface area is 214 Å². The van der Waals surface area contributed by atoms with E-state index in [9.17, 15) is 5.11 Å². The second-order valence-corrected chi connectivity index (χ2v) is 10.7. The molecule has 3 aromatic rings. The van der Waals surface area contributed by atoms with E-state index in [0.29, 0.717) is 23.5 Å². The van der Waals surface area contributed by atoms with Crippen LogP contribution in [0.3, 0.4) is 0 Å². The van der Waals surface area contributed by atoms with E-state index in [1.165, 1.54) is 40.8 Å². The van der Waals surface area contributed by atoms with Gasteiger partial charge in [-0.15, -0.1) is 0 Å². The van der Waals surface area contributed by atoms with Crippen molar-refractivity contribution in [1.82, 2.24) is 0 Å². The summed E-state index contributed by atoms with van der Waals surface area (Å²) in [5, 5.41) is 10.2. The highest BCUT2D eigenvalue weighted by Crippen LogP contribution is 2.49. The number of piperidine rings is 1. The quantitative estimate of drug-likeness (QED) is 0.425. The third-order valence-corrected chi connectivity index (χ3v) is 8.95. The Balaban J connectivity index is 1.28. The van der Waals surface area contributed by atoms with Gasteiger partial charge in [-0.2, -0.15) is 0 Å². The van der Waals surface area contributed by atoms with Crippen LogP contribution in [0.5, 0.6) is 5.75 Å². The molecule has 2 aliphatic carbocycles. The van der Waals surface area contributed by atoms with Crippen molar-refractivity contribution in [2.24, 2.45) is 5.92 Å². The van der Waals surface area contributed by atoms with E-state index in [1.54, 1.807) is 25.3 Å². The van der Waals surface area contributed by atoms with E-state index in [-0.39, 0.29) is 6.29 Å². The number of phenolic OH excluding ortho intramolecular Hbond substituents is 1. The maximum absolute atomic E-state index is 10.2. The van der Waals surface area contributed by atoms with Gasteiger partial charge in [0.25, 0.3) is 0 Å². The fraction of sp³-hybridized carbons (Fsp3) is 0.438. The number of fused-ring (bicyclic) bond motifs is 2. The van der Waals surface area contributed by atoms with Gasteiger partial charge in [0.15, 0.2) is 6.29 Å². The number of ether oxygens (including phenoxy) is 2. The van der Waals surface area contributed by atoms with Gasteiger partial charge in [-0.05, 0) is 102 Å². The summed E-state index contributed by atoms with van der Waals surface area (Å²) in [4.78, 5) is 2.49. The van der Waals surface area contributed by atoms with Crippen molar-refractivity contribution in [1.29, 1.82) is 0 Å². The average Bonchev–Trinajstić information content (AvgIpc) is 2.90. The standard InChI is InChI=1S/C32H37NO3/c1-35-32(36-2)23-16-18-33(19-17-23)25-10-6-22(7-11-25)31-28-15-12-26(34)20-24(28)9-14-30(31)29-5-3-4-21-8-13-27(21)29/h3-7,10-12,15,20,23,30-32,34H,8-9,13-14,16-19H2,1-2H3/t30-,31-/m1/s1. The van der Waals surface area contributed by atoms with E-state index in [1.807, 2.05) is 12.1 Å². The van der Waals surface area contributed by atoms with Crippen LogP contribution in [0, 0.1) is 5.92 Å². The molecule has 6 rings (SSSR count). The first-order chi connectivity index (χ1) is 17.7. The lowest BCUT2D eigenvalue weighted by Gasteiger charge is -2.38. The zero-order valence-electron chi connectivity index (χ0n) is 21.5. The first-order valence-electron chi connectivity index (χ1n) is 13.5. The zero-order chi connectivity index (χ0) is 24.6. The molecule has 4 nitrogen and oxygen atoms in total. The van der Waals surface area contributed by atoms with E-state index in [0.717, 1.165) is 38.8 Å². The molecule has 0 spiro atoms. The van der Waals surface area contributed by atoms with Crippen LogP contribution in [0.4, 0.5) is 5.69 Å². The molecule has 0 radical (unpaired) electrons. The van der Waals surface area contributed by atoms with Gasteiger partial charge in [-0.25, -0.2) is 0 Å². The number of nitrogens with zero attached hydrogens (tertiary/aromatic N) is 1. The molecule has 36 heavy (non-hydrogen) atoms. The highest BCUT2D eigenvalue weighted by atomic mass is 16.7. The maximum atomic E-state index is 10.2. The van der Waals surface area contributed by atoms with Crippen LogP contribution < -0.4 is 4.90 Å². The third kappa shape index (κ3) is 4.21. The van der Waals surface area contributed by atoms with Crippen LogP contribution in [-0.4, -0.2) is 38.7 Å². The summed E-state index contributed by atoms with van der Waals surface area (Å²) in [6, 6.07) is 22.3. The van der Waals surface area contributed by atoms with Gasteiger partial charge in [0, 0.05) is 44.8 Å². The van der Waals surface area contributed by atoms with Gasteiger partial charge < -0.3 is 19.5 Å². The fourth-order valence-corrected chi connectivity index (χ4v) is 6.98. The predicted molar refractivity (Wildman–Crippen MR) is 144 cm³/mol. The molecule has 4 heteroatoms. The number of hydrogen-bond acceptors (Lipinski definition) is 4. The van der Waals surface area contributed by atoms with Gasteiger partial charge in [-0.3, -0.25) is 0 Å². The lowest BCUT2D eigenvalue weighted by atomic mass is 9.66. The van der Waals surface area contributed by atoms with Crippen molar-refractivity contribution in [3.63, 3.8) is 0 Å². The molecule has 0 saturated carbocycles. The summed E-state index contributed by atoms with van der Waals surface area (Å²) in [7, 11) is 3.47. The Kier molecular flexibility index (Phi) is 6.49.